The molecule has 0 aliphatic carbocycles. The van der Waals surface area contributed by atoms with E-state index in [0.717, 1.165) is 29.7 Å². The Bertz CT molecular complexity index is 490. The van der Waals surface area contributed by atoms with Crippen molar-refractivity contribution in [3.8, 4) is 0 Å². The highest BCUT2D eigenvalue weighted by Gasteiger charge is 2.12. The molecule has 0 saturated carbocycles. The molecule has 1 atom stereocenters. The molecule has 1 aromatic carbocycles. The average molecular weight is 308 g/mol. The fraction of sp³-hybridized carbons (Fsp3) is 0.357. The van der Waals surface area contributed by atoms with E-state index in [1.807, 2.05) is 24.5 Å². The molecule has 0 amide bonds. The highest BCUT2D eigenvalue weighted by molar-refractivity contribution is 9.10. The summed E-state index contributed by atoms with van der Waals surface area (Å²) >= 11 is 3.43. The van der Waals surface area contributed by atoms with Gasteiger partial charge in [0, 0.05) is 23.4 Å². The first-order chi connectivity index (χ1) is 8.70. The third-order valence-corrected chi connectivity index (χ3v) is 3.44. The van der Waals surface area contributed by atoms with E-state index in [-0.39, 0.29) is 6.04 Å². The van der Waals surface area contributed by atoms with E-state index < -0.39 is 0 Å². The Balaban J connectivity index is 2.09. The van der Waals surface area contributed by atoms with Crippen molar-refractivity contribution in [3.05, 3.63) is 52.5 Å². The minimum atomic E-state index is -0.0484. The van der Waals surface area contributed by atoms with E-state index in [2.05, 4.69) is 44.5 Å². The second-order valence-electron chi connectivity index (χ2n) is 4.42. The molecular weight excluding hydrogens is 290 g/mol. The maximum atomic E-state index is 6.25. The molecular formula is C14H18BrN3. The lowest BCUT2D eigenvalue weighted by atomic mass is 10.1. The van der Waals surface area contributed by atoms with Gasteiger partial charge >= 0.3 is 0 Å². The quantitative estimate of drug-likeness (QED) is 0.921. The second kappa shape index (κ2) is 6.16. The topological polar surface area (TPSA) is 43.8 Å². The minimum Gasteiger partial charge on any atom is -0.334 e. The van der Waals surface area contributed by atoms with Crippen LogP contribution in [0.25, 0.3) is 0 Å². The average Bonchev–Trinajstić information content (AvgIpc) is 2.81. The first kappa shape index (κ1) is 13.3. The fourth-order valence-electron chi connectivity index (χ4n) is 2.05. The van der Waals surface area contributed by atoms with E-state index in [1.165, 1.54) is 5.56 Å². The van der Waals surface area contributed by atoms with Crippen LogP contribution < -0.4 is 5.73 Å². The molecule has 0 saturated heterocycles. The molecule has 1 aromatic heterocycles. The van der Waals surface area contributed by atoms with Gasteiger partial charge in [0.1, 0.15) is 5.82 Å². The lowest BCUT2D eigenvalue weighted by Crippen LogP contribution is -2.19. The molecule has 0 spiro atoms. The molecule has 0 fully saturated rings. The van der Waals surface area contributed by atoms with Crippen molar-refractivity contribution < 1.29 is 0 Å². The Kier molecular flexibility index (Phi) is 4.55. The zero-order valence-electron chi connectivity index (χ0n) is 10.5. The van der Waals surface area contributed by atoms with Crippen molar-refractivity contribution >= 4 is 15.9 Å². The van der Waals surface area contributed by atoms with Crippen LogP contribution in [0.5, 0.6) is 0 Å². The van der Waals surface area contributed by atoms with Crippen LogP contribution in [-0.4, -0.2) is 9.55 Å². The Morgan fingerprint density at radius 3 is 2.72 bits per heavy atom. The van der Waals surface area contributed by atoms with Gasteiger partial charge in [0.25, 0.3) is 0 Å². The summed E-state index contributed by atoms with van der Waals surface area (Å²) in [5, 5.41) is 0. The molecule has 3 nitrogen and oxygen atoms in total. The van der Waals surface area contributed by atoms with Gasteiger partial charge in [-0.1, -0.05) is 35.0 Å². The second-order valence-corrected chi connectivity index (χ2v) is 5.33. The van der Waals surface area contributed by atoms with Gasteiger partial charge in [-0.15, -0.1) is 0 Å². The SMILES string of the molecule is CCCn1ccnc1C(N)Cc1ccc(Br)cc1. The predicted octanol–water partition coefficient (Wildman–Crippen LogP) is 3.30. The highest BCUT2D eigenvalue weighted by atomic mass is 79.9. The molecule has 2 rings (SSSR count). The number of hydrogen-bond donors (Lipinski definition) is 1. The number of rotatable bonds is 5. The lowest BCUT2D eigenvalue weighted by molar-refractivity contribution is 0.574. The highest BCUT2D eigenvalue weighted by Crippen LogP contribution is 2.17. The molecule has 0 bridgehead atoms. The molecule has 2 aromatic rings. The van der Waals surface area contributed by atoms with Crippen molar-refractivity contribution in [3.63, 3.8) is 0 Å². The summed E-state index contributed by atoms with van der Waals surface area (Å²) in [6.07, 6.45) is 5.73. The van der Waals surface area contributed by atoms with Crippen molar-refractivity contribution in [1.82, 2.24) is 9.55 Å². The molecule has 18 heavy (non-hydrogen) atoms. The number of aromatic nitrogens is 2. The summed E-state index contributed by atoms with van der Waals surface area (Å²) < 4.78 is 3.23. The van der Waals surface area contributed by atoms with E-state index in [1.54, 1.807) is 0 Å². The van der Waals surface area contributed by atoms with Crippen LogP contribution in [-0.2, 0) is 13.0 Å². The zero-order chi connectivity index (χ0) is 13.0. The summed E-state index contributed by atoms with van der Waals surface area (Å²) in [5.41, 5.74) is 7.48. The van der Waals surface area contributed by atoms with Crippen LogP contribution >= 0.6 is 15.9 Å². The number of benzene rings is 1. The van der Waals surface area contributed by atoms with Crippen LogP contribution in [0.4, 0.5) is 0 Å². The number of nitrogens with two attached hydrogens (primary N) is 1. The fourth-order valence-corrected chi connectivity index (χ4v) is 2.31. The molecule has 2 N–H and O–H groups in total. The molecule has 1 heterocycles. The van der Waals surface area contributed by atoms with Crippen LogP contribution in [0.1, 0.15) is 30.8 Å². The Morgan fingerprint density at radius 1 is 1.33 bits per heavy atom. The van der Waals surface area contributed by atoms with Gasteiger partial charge < -0.3 is 10.3 Å². The molecule has 0 aliphatic heterocycles. The van der Waals surface area contributed by atoms with E-state index in [4.69, 9.17) is 5.73 Å². The number of nitrogens with zero attached hydrogens (tertiary/aromatic N) is 2. The first-order valence-corrected chi connectivity index (χ1v) is 7.01. The summed E-state index contributed by atoms with van der Waals surface area (Å²) in [6.45, 7) is 3.13. The van der Waals surface area contributed by atoms with Crippen molar-refractivity contribution in [2.75, 3.05) is 0 Å². The zero-order valence-corrected chi connectivity index (χ0v) is 12.1. The predicted molar refractivity (Wildman–Crippen MR) is 77.3 cm³/mol. The number of aryl methyl sites for hydroxylation is 1. The Morgan fingerprint density at radius 2 is 2.06 bits per heavy atom. The van der Waals surface area contributed by atoms with Crippen molar-refractivity contribution in [2.24, 2.45) is 5.73 Å². The van der Waals surface area contributed by atoms with Gasteiger partial charge in [0.15, 0.2) is 0 Å². The maximum absolute atomic E-state index is 6.25. The third kappa shape index (κ3) is 3.21. The first-order valence-electron chi connectivity index (χ1n) is 6.21. The van der Waals surface area contributed by atoms with Crippen LogP contribution in [0.2, 0.25) is 0 Å². The van der Waals surface area contributed by atoms with Gasteiger partial charge in [-0.05, 0) is 30.5 Å². The van der Waals surface area contributed by atoms with Gasteiger partial charge in [-0.2, -0.15) is 0 Å². The maximum Gasteiger partial charge on any atom is 0.125 e. The summed E-state index contributed by atoms with van der Waals surface area (Å²) in [7, 11) is 0. The van der Waals surface area contributed by atoms with E-state index >= 15 is 0 Å². The van der Waals surface area contributed by atoms with Crippen LogP contribution in [0.3, 0.4) is 0 Å². The van der Waals surface area contributed by atoms with Crippen molar-refractivity contribution in [2.45, 2.75) is 32.4 Å². The third-order valence-electron chi connectivity index (χ3n) is 2.91. The lowest BCUT2D eigenvalue weighted by Gasteiger charge is -2.13. The van der Waals surface area contributed by atoms with Crippen LogP contribution in [0, 0.1) is 0 Å². The summed E-state index contributed by atoms with van der Waals surface area (Å²) in [6, 6.07) is 8.22. The minimum absolute atomic E-state index is 0.0484. The van der Waals surface area contributed by atoms with Gasteiger partial charge in [0.05, 0.1) is 6.04 Å². The molecule has 0 radical (unpaired) electrons. The molecule has 0 aliphatic rings. The van der Waals surface area contributed by atoms with E-state index in [0.29, 0.717) is 0 Å². The Hall–Kier alpha value is -1.13. The molecule has 1 unspecified atom stereocenters. The standard InChI is InChI=1S/C14H18BrN3/c1-2-8-18-9-7-17-14(18)13(16)10-11-3-5-12(15)6-4-11/h3-7,9,13H,2,8,10,16H2,1H3. The Labute approximate surface area is 116 Å². The number of hydrogen-bond acceptors (Lipinski definition) is 2. The van der Waals surface area contributed by atoms with Crippen LogP contribution in [0.15, 0.2) is 41.1 Å². The summed E-state index contributed by atoms with van der Waals surface area (Å²) in [5.74, 6) is 0.972. The molecule has 4 heteroatoms. The number of imidazole rings is 1. The van der Waals surface area contributed by atoms with Gasteiger partial charge in [-0.3, -0.25) is 0 Å². The summed E-state index contributed by atoms with van der Waals surface area (Å²) in [4.78, 5) is 4.38. The van der Waals surface area contributed by atoms with Gasteiger partial charge in [0.2, 0.25) is 0 Å². The largest absolute Gasteiger partial charge is 0.334 e. The smallest absolute Gasteiger partial charge is 0.125 e. The molecule has 96 valence electrons. The van der Waals surface area contributed by atoms with Crippen molar-refractivity contribution in [1.29, 1.82) is 0 Å². The monoisotopic (exact) mass is 307 g/mol. The normalized spacial score (nSPS) is 12.6. The number of halogens is 1. The van der Waals surface area contributed by atoms with E-state index in [9.17, 15) is 0 Å². The van der Waals surface area contributed by atoms with Gasteiger partial charge in [-0.25, -0.2) is 4.98 Å².